The molecule has 0 nitrogen and oxygen atoms in total. The molecule has 0 radical (unpaired) electrons. The number of aryl methyl sites for hydroxylation is 2. The first kappa shape index (κ1) is 32.4. The van der Waals surface area contributed by atoms with Gasteiger partial charge in [-0.25, -0.2) is 8.78 Å². The van der Waals surface area contributed by atoms with E-state index in [1.807, 2.05) is 12.1 Å². The lowest BCUT2D eigenvalue weighted by molar-refractivity contribution is 0.249. The molecule has 2 aromatic carbocycles. The van der Waals surface area contributed by atoms with Gasteiger partial charge in [-0.15, -0.1) is 0 Å². The van der Waals surface area contributed by atoms with Gasteiger partial charge >= 0.3 is 0 Å². The summed E-state index contributed by atoms with van der Waals surface area (Å²) in [6.45, 7) is 4.54. The molecule has 0 atom stereocenters. The van der Waals surface area contributed by atoms with E-state index in [0.29, 0.717) is 10.0 Å². The van der Waals surface area contributed by atoms with Crippen molar-refractivity contribution in [3.8, 4) is 0 Å². The molecule has 0 bridgehead atoms. The Labute approximate surface area is 247 Å². The van der Waals surface area contributed by atoms with E-state index in [2.05, 4.69) is 13.8 Å². The van der Waals surface area contributed by atoms with Gasteiger partial charge in [0.25, 0.3) is 0 Å². The molecule has 2 saturated carbocycles. The Hall–Kier alpha value is -1.12. The van der Waals surface area contributed by atoms with Gasteiger partial charge in [-0.2, -0.15) is 0 Å². The lowest BCUT2D eigenvalue weighted by atomic mass is 9.78. The van der Waals surface area contributed by atoms with Crippen molar-refractivity contribution < 1.29 is 8.78 Å². The smallest absolute Gasteiger partial charge is 0.127 e. The van der Waals surface area contributed by atoms with Crippen LogP contribution in [0, 0.1) is 35.3 Å². The van der Waals surface area contributed by atoms with Crippen LogP contribution in [0.3, 0.4) is 0 Å². The second-order valence-corrected chi connectivity index (χ2v) is 13.1. The van der Waals surface area contributed by atoms with Gasteiger partial charge in [-0.3, -0.25) is 0 Å². The highest BCUT2D eigenvalue weighted by molar-refractivity contribution is 6.30. The van der Waals surface area contributed by atoms with E-state index in [-0.39, 0.29) is 11.6 Å². The van der Waals surface area contributed by atoms with Gasteiger partial charge in [-0.1, -0.05) is 133 Å². The molecule has 2 aliphatic carbocycles. The molecule has 0 amide bonds. The van der Waals surface area contributed by atoms with Gasteiger partial charge in [0.05, 0.1) is 0 Å². The minimum atomic E-state index is -0.146. The predicted octanol–water partition coefficient (Wildman–Crippen LogP) is 12.4. The summed E-state index contributed by atoms with van der Waals surface area (Å²) in [5.41, 5.74) is 1.64. The number of unbranched alkanes of at least 4 members (excludes halogenated alkanes) is 1. The van der Waals surface area contributed by atoms with E-state index in [4.69, 9.17) is 23.2 Å². The van der Waals surface area contributed by atoms with Crippen LogP contribution in [0.4, 0.5) is 8.78 Å². The quantitative estimate of drug-likeness (QED) is 0.248. The summed E-state index contributed by atoms with van der Waals surface area (Å²) in [5, 5.41) is 0.976. The molecule has 218 valence electrons. The SMILES string of the molecule is CCCC1CCC(CCc2ccc(Cl)cc2F)CC1.CCCCC1CCC(CCc2ccc(Cl)cc2F)CC1. The summed E-state index contributed by atoms with van der Waals surface area (Å²) in [4.78, 5) is 0. The Balaban J connectivity index is 0.000000216. The average molecular weight is 580 g/mol. The van der Waals surface area contributed by atoms with Gasteiger partial charge in [0, 0.05) is 10.0 Å². The summed E-state index contributed by atoms with van der Waals surface area (Å²) in [7, 11) is 0. The fraction of sp³-hybridized carbons (Fsp3) is 0.657. The van der Waals surface area contributed by atoms with Crippen LogP contribution in [0.25, 0.3) is 0 Å². The second-order valence-electron chi connectivity index (χ2n) is 12.3. The monoisotopic (exact) mass is 578 g/mol. The fourth-order valence-electron chi connectivity index (χ4n) is 6.69. The largest absolute Gasteiger partial charge is 0.207 e. The lowest BCUT2D eigenvalue weighted by Crippen LogP contribution is -2.15. The van der Waals surface area contributed by atoms with Crippen LogP contribution in [-0.2, 0) is 12.8 Å². The highest BCUT2D eigenvalue weighted by Gasteiger charge is 2.22. The molecule has 0 N–H and O–H groups in total. The van der Waals surface area contributed by atoms with Gasteiger partial charge in [0.1, 0.15) is 11.6 Å². The van der Waals surface area contributed by atoms with Crippen molar-refractivity contribution in [2.24, 2.45) is 23.7 Å². The van der Waals surface area contributed by atoms with Crippen LogP contribution in [0.1, 0.15) is 121 Å². The van der Waals surface area contributed by atoms with E-state index in [0.717, 1.165) is 60.5 Å². The number of rotatable bonds is 11. The third-order valence-electron chi connectivity index (χ3n) is 9.27. The fourth-order valence-corrected chi connectivity index (χ4v) is 7.00. The molecule has 2 aromatic rings. The van der Waals surface area contributed by atoms with Crippen LogP contribution in [0.5, 0.6) is 0 Å². The van der Waals surface area contributed by atoms with Crippen molar-refractivity contribution >= 4 is 23.2 Å². The second kappa shape index (κ2) is 17.6. The summed E-state index contributed by atoms with van der Waals surface area (Å²) < 4.78 is 27.4. The molecule has 2 fully saturated rings. The van der Waals surface area contributed by atoms with Crippen LogP contribution < -0.4 is 0 Å². The number of hydrogen-bond donors (Lipinski definition) is 0. The Bertz CT molecular complexity index is 959. The molecule has 4 rings (SSSR count). The molecule has 0 aliphatic heterocycles. The maximum Gasteiger partial charge on any atom is 0.127 e. The van der Waals surface area contributed by atoms with E-state index in [1.54, 1.807) is 12.1 Å². The lowest BCUT2D eigenvalue weighted by Gasteiger charge is -2.28. The number of hydrogen-bond acceptors (Lipinski definition) is 0. The average Bonchev–Trinajstić information content (AvgIpc) is 2.93. The van der Waals surface area contributed by atoms with Crippen molar-refractivity contribution in [2.45, 2.75) is 123 Å². The van der Waals surface area contributed by atoms with Crippen LogP contribution in [-0.4, -0.2) is 0 Å². The molecule has 0 aromatic heterocycles. The third-order valence-corrected chi connectivity index (χ3v) is 9.74. The normalized spacial score (nSPS) is 23.2. The van der Waals surface area contributed by atoms with Gasteiger partial charge in [0.2, 0.25) is 0 Å². The van der Waals surface area contributed by atoms with E-state index >= 15 is 0 Å². The predicted molar refractivity (Wildman–Crippen MR) is 165 cm³/mol. The zero-order valence-electron chi connectivity index (χ0n) is 24.3. The van der Waals surface area contributed by atoms with E-state index in [1.165, 1.54) is 95.6 Å². The molecule has 0 heterocycles. The molecule has 0 saturated heterocycles. The highest BCUT2D eigenvalue weighted by Crippen LogP contribution is 2.35. The molecule has 0 spiro atoms. The Morgan fingerprint density at radius 1 is 0.564 bits per heavy atom. The molecule has 2 aliphatic rings. The van der Waals surface area contributed by atoms with E-state index in [9.17, 15) is 8.78 Å². The molecule has 39 heavy (non-hydrogen) atoms. The van der Waals surface area contributed by atoms with Crippen LogP contribution in [0.15, 0.2) is 36.4 Å². The molecule has 4 heteroatoms. The Morgan fingerprint density at radius 2 is 0.949 bits per heavy atom. The minimum absolute atomic E-state index is 0.144. The number of benzene rings is 2. The molecular formula is C35H50Cl2F2. The van der Waals surface area contributed by atoms with Gasteiger partial charge < -0.3 is 0 Å². The summed E-state index contributed by atoms with van der Waals surface area (Å²) in [6.07, 6.45) is 21.6. The van der Waals surface area contributed by atoms with Crippen molar-refractivity contribution in [3.05, 3.63) is 69.2 Å². The highest BCUT2D eigenvalue weighted by atomic mass is 35.5. The summed E-state index contributed by atoms with van der Waals surface area (Å²) in [6, 6.07) is 10.1. The Morgan fingerprint density at radius 3 is 1.31 bits per heavy atom. The van der Waals surface area contributed by atoms with Crippen molar-refractivity contribution in [1.82, 2.24) is 0 Å². The summed E-state index contributed by atoms with van der Waals surface area (Å²) in [5.74, 6) is 3.21. The Kier molecular flexibility index (Phi) is 14.7. The zero-order chi connectivity index (χ0) is 28.0. The first-order chi connectivity index (χ1) is 18.9. The van der Waals surface area contributed by atoms with Gasteiger partial charge in [-0.05, 0) is 84.7 Å². The third kappa shape index (κ3) is 11.7. The zero-order valence-corrected chi connectivity index (χ0v) is 25.8. The topological polar surface area (TPSA) is 0 Å². The van der Waals surface area contributed by atoms with Gasteiger partial charge in [0.15, 0.2) is 0 Å². The van der Waals surface area contributed by atoms with Crippen LogP contribution in [0.2, 0.25) is 10.0 Å². The van der Waals surface area contributed by atoms with Crippen LogP contribution >= 0.6 is 23.2 Å². The van der Waals surface area contributed by atoms with E-state index < -0.39 is 0 Å². The first-order valence-electron chi connectivity index (χ1n) is 15.8. The summed E-state index contributed by atoms with van der Waals surface area (Å²) >= 11 is 11.6. The molecule has 0 unspecified atom stereocenters. The maximum absolute atomic E-state index is 13.7. The number of halogens is 4. The molecular weight excluding hydrogens is 529 g/mol. The standard InChI is InChI=1S/C18H26ClF.C17H24ClF/c1-2-3-4-14-5-7-15(8-6-14)9-10-16-11-12-17(19)13-18(16)20;1-2-3-13-4-6-14(7-5-13)8-9-15-10-11-16(18)12-17(15)19/h11-15H,2-10H2,1H3;10-14H,2-9H2,1H3. The minimum Gasteiger partial charge on any atom is -0.207 e. The maximum atomic E-state index is 13.7. The van der Waals surface area contributed by atoms with Crippen molar-refractivity contribution in [3.63, 3.8) is 0 Å². The van der Waals surface area contributed by atoms with Crippen molar-refractivity contribution in [1.29, 1.82) is 0 Å². The first-order valence-corrected chi connectivity index (χ1v) is 16.5. The van der Waals surface area contributed by atoms with Crippen molar-refractivity contribution in [2.75, 3.05) is 0 Å².